The van der Waals surface area contributed by atoms with Gasteiger partial charge >= 0.3 is 11.9 Å². The Morgan fingerprint density at radius 2 is 2.00 bits per heavy atom. The maximum atomic E-state index is 11.7. The third-order valence-corrected chi connectivity index (χ3v) is 5.02. The van der Waals surface area contributed by atoms with Crippen LogP contribution in [0.1, 0.15) is 44.2 Å². The van der Waals surface area contributed by atoms with Gasteiger partial charge < -0.3 is 15.2 Å². The summed E-state index contributed by atoms with van der Waals surface area (Å²) in [5.41, 5.74) is 2.67. The van der Waals surface area contributed by atoms with Gasteiger partial charge in [-0.15, -0.1) is 5.10 Å². The lowest BCUT2D eigenvalue weighted by Gasteiger charge is -2.04. The van der Waals surface area contributed by atoms with Crippen LogP contribution < -0.4 is 5.32 Å². The summed E-state index contributed by atoms with van der Waals surface area (Å²) in [5, 5.41) is 19.1. The molecule has 1 amide bonds. The van der Waals surface area contributed by atoms with E-state index in [9.17, 15) is 14.4 Å². The molecule has 0 radical (unpaired) electrons. The molecule has 1 fully saturated rings. The number of aryl methyl sites for hydroxylation is 1. The predicted molar refractivity (Wildman–Crippen MR) is 107 cm³/mol. The first-order valence-electron chi connectivity index (χ1n) is 8.95. The van der Waals surface area contributed by atoms with Crippen LogP contribution in [0.3, 0.4) is 0 Å². The highest BCUT2D eigenvalue weighted by molar-refractivity contribution is 8.15. The molecule has 28 heavy (non-hydrogen) atoms. The summed E-state index contributed by atoms with van der Waals surface area (Å²) in [7, 11) is 0. The third-order valence-electron chi connectivity index (χ3n) is 3.95. The van der Waals surface area contributed by atoms with Crippen LogP contribution in [0.4, 0.5) is 0 Å². The standard InChI is InChI=1S/C19H23N3O5S/c1-3-27-17(25)6-4-5-13-7-9-14(10-8-13)12(2)21-22-19-20-18(26)15(28-19)11-16(23)24/h7-10,15H,3-6,11H2,1-2H3,(H,23,24)(H,20,22,26). The lowest BCUT2D eigenvalue weighted by Crippen LogP contribution is -2.26. The summed E-state index contributed by atoms with van der Waals surface area (Å²) in [6.07, 6.45) is 1.66. The quantitative estimate of drug-likeness (QED) is 0.370. The Bertz CT molecular complexity index is 789. The molecule has 0 spiro atoms. The Labute approximate surface area is 167 Å². The van der Waals surface area contributed by atoms with Crippen LogP contribution in [0, 0.1) is 0 Å². The van der Waals surface area contributed by atoms with Crippen LogP contribution in [0.5, 0.6) is 0 Å². The lowest BCUT2D eigenvalue weighted by molar-refractivity contribution is -0.143. The summed E-state index contributed by atoms with van der Waals surface area (Å²) in [6.45, 7) is 3.99. The molecule has 1 heterocycles. The molecule has 1 aromatic rings. The number of hydrogen-bond donors (Lipinski definition) is 2. The number of thioether (sulfide) groups is 1. The van der Waals surface area contributed by atoms with E-state index >= 15 is 0 Å². The molecule has 1 atom stereocenters. The van der Waals surface area contributed by atoms with Crippen molar-refractivity contribution in [1.82, 2.24) is 5.32 Å². The average Bonchev–Trinajstić information content (AvgIpc) is 2.99. The van der Waals surface area contributed by atoms with Crippen molar-refractivity contribution in [1.29, 1.82) is 0 Å². The van der Waals surface area contributed by atoms with Crippen molar-refractivity contribution in [3.8, 4) is 0 Å². The Hall–Kier alpha value is -2.68. The van der Waals surface area contributed by atoms with Gasteiger partial charge in [-0.2, -0.15) is 5.10 Å². The van der Waals surface area contributed by atoms with Gasteiger partial charge in [0, 0.05) is 6.42 Å². The molecule has 2 N–H and O–H groups in total. The highest BCUT2D eigenvalue weighted by atomic mass is 32.2. The molecule has 1 aliphatic heterocycles. The number of carboxylic acid groups (broad SMARTS) is 1. The lowest BCUT2D eigenvalue weighted by atomic mass is 10.0. The van der Waals surface area contributed by atoms with Crippen molar-refractivity contribution >= 4 is 40.5 Å². The Morgan fingerprint density at radius 3 is 2.64 bits per heavy atom. The topological polar surface area (TPSA) is 117 Å². The van der Waals surface area contributed by atoms with Crippen LogP contribution >= 0.6 is 11.8 Å². The number of rotatable bonds is 9. The SMILES string of the molecule is CCOC(=O)CCCc1ccc(C(C)=NN=C2NC(=O)C(CC(=O)O)S2)cc1. The summed E-state index contributed by atoms with van der Waals surface area (Å²) in [4.78, 5) is 33.8. The number of esters is 1. The van der Waals surface area contributed by atoms with Gasteiger partial charge in [0.15, 0.2) is 5.17 Å². The second-order valence-corrected chi connectivity index (χ2v) is 7.33. The first-order chi connectivity index (χ1) is 13.4. The molecular formula is C19H23N3O5S. The number of carboxylic acids is 1. The number of nitrogens with one attached hydrogen (secondary N) is 1. The maximum Gasteiger partial charge on any atom is 0.305 e. The summed E-state index contributed by atoms with van der Waals surface area (Å²) >= 11 is 1.07. The average molecular weight is 405 g/mol. The van der Waals surface area contributed by atoms with Gasteiger partial charge in [0.25, 0.3) is 0 Å². The number of aliphatic carboxylic acids is 1. The number of benzene rings is 1. The van der Waals surface area contributed by atoms with E-state index in [2.05, 4.69) is 15.5 Å². The van der Waals surface area contributed by atoms with Crippen molar-refractivity contribution in [2.24, 2.45) is 10.2 Å². The van der Waals surface area contributed by atoms with Gasteiger partial charge in [0.2, 0.25) is 5.91 Å². The smallest absolute Gasteiger partial charge is 0.305 e. The van der Waals surface area contributed by atoms with Crippen LogP contribution in [-0.2, 0) is 25.5 Å². The van der Waals surface area contributed by atoms with Gasteiger partial charge in [0.05, 0.1) is 18.7 Å². The number of hydrogen-bond acceptors (Lipinski definition) is 7. The minimum atomic E-state index is -1.03. The highest BCUT2D eigenvalue weighted by Crippen LogP contribution is 2.22. The molecule has 1 aromatic carbocycles. The van der Waals surface area contributed by atoms with Crippen molar-refractivity contribution in [2.75, 3.05) is 6.61 Å². The van der Waals surface area contributed by atoms with Gasteiger partial charge in [-0.25, -0.2) is 0 Å². The summed E-state index contributed by atoms with van der Waals surface area (Å²) < 4.78 is 4.91. The Balaban J connectivity index is 1.90. The van der Waals surface area contributed by atoms with Crippen LogP contribution in [-0.4, -0.2) is 45.7 Å². The Morgan fingerprint density at radius 1 is 1.29 bits per heavy atom. The molecule has 1 saturated heterocycles. The fraction of sp³-hybridized carbons (Fsp3) is 0.421. The predicted octanol–water partition coefficient (Wildman–Crippen LogP) is 2.36. The molecule has 1 aliphatic rings. The fourth-order valence-electron chi connectivity index (χ4n) is 2.51. The molecule has 150 valence electrons. The van der Waals surface area contributed by atoms with Gasteiger partial charge in [-0.3, -0.25) is 14.4 Å². The van der Waals surface area contributed by atoms with E-state index in [4.69, 9.17) is 9.84 Å². The molecule has 0 aliphatic carbocycles. The molecule has 0 bridgehead atoms. The summed E-state index contributed by atoms with van der Waals surface area (Å²) in [5.74, 6) is -1.58. The third kappa shape index (κ3) is 6.80. The summed E-state index contributed by atoms with van der Waals surface area (Å²) in [6, 6.07) is 7.79. The van der Waals surface area contributed by atoms with Crippen LogP contribution in [0.2, 0.25) is 0 Å². The van der Waals surface area contributed by atoms with E-state index in [1.54, 1.807) is 13.8 Å². The molecule has 0 saturated carbocycles. The molecule has 0 aromatic heterocycles. The fourth-order valence-corrected chi connectivity index (χ4v) is 3.41. The van der Waals surface area contributed by atoms with E-state index in [1.807, 2.05) is 24.3 Å². The molecule has 2 rings (SSSR count). The zero-order chi connectivity index (χ0) is 20.5. The molecule has 1 unspecified atom stereocenters. The zero-order valence-corrected chi connectivity index (χ0v) is 16.6. The van der Waals surface area contributed by atoms with Gasteiger partial charge in [0.1, 0.15) is 5.25 Å². The number of amides is 1. The number of nitrogens with zero attached hydrogens (tertiary/aromatic N) is 2. The van der Waals surface area contributed by atoms with Gasteiger partial charge in [-0.1, -0.05) is 36.0 Å². The largest absolute Gasteiger partial charge is 0.481 e. The minimum absolute atomic E-state index is 0.177. The number of ether oxygens (including phenoxy) is 1. The highest BCUT2D eigenvalue weighted by Gasteiger charge is 2.32. The van der Waals surface area contributed by atoms with Crippen molar-refractivity contribution in [3.05, 3.63) is 35.4 Å². The second-order valence-electron chi connectivity index (χ2n) is 6.14. The monoisotopic (exact) mass is 405 g/mol. The zero-order valence-electron chi connectivity index (χ0n) is 15.8. The minimum Gasteiger partial charge on any atom is -0.481 e. The maximum absolute atomic E-state index is 11.7. The first-order valence-corrected chi connectivity index (χ1v) is 9.83. The van der Waals surface area contributed by atoms with E-state index in [1.165, 1.54) is 0 Å². The Kier molecular flexibility index (Phi) is 8.19. The van der Waals surface area contributed by atoms with Crippen molar-refractivity contribution in [2.45, 2.75) is 44.8 Å². The number of amidine groups is 1. The van der Waals surface area contributed by atoms with Crippen LogP contribution in [0.25, 0.3) is 0 Å². The number of carbonyl (C=O) groups is 3. The van der Waals surface area contributed by atoms with Crippen molar-refractivity contribution < 1.29 is 24.2 Å². The van der Waals surface area contributed by atoms with E-state index in [0.29, 0.717) is 23.9 Å². The van der Waals surface area contributed by atoms with Crippen molar-refractivity contribution in [3.63, 3.8) is 0 Å². The van der Waals surface area contributed by atoms with Gasteiger partial charge in [-0.05, 0) is 37.8 Å². The van der Waals surface area contributed by atoms with E-state index in [-0.39, 0.29) is 18.3 Å². The number of carbonyl (C=O) groups excluding carboxylic acids is 2. The molecule has 8 nitrogen and oxygen atoms in total. The molecule has 9 heteroatoms. The second kappa shape index (κ2) is 10.6. The molecular weight excluding hydrogens is 382 g/mol. The normalized spacial score (nSPS) is 18.2. The van der Waals surface area contributed by atoms with E-state index < -0.39 is 11.2 Å². The van der Waals surface area contributed by atoms with Crippen LogP contribution in [0.15, 0.2) is 34.5 Å². The van der Waals surface area contributed by atoms with E-state index in [0.717, 1.165) is 35.7 Å². The first kappa shape index (κ1) is 21.6.